The van der Waals surface area contributed by atoms with Gasteiger partial charge >= 0.3 is 11.9 Å². The van der Waals surface area contributed by atoms with Crippen LogP contribution in [0.15, 0.2) is 0 Å². The molecule has 0 spiro atoms. The molecule has 200 valence electrons. The van der Waals surface area contributed by atoms with Gasteiger partial charge in [-0.3, -0.25) is 24.0 Å². The van der Waals surface area contributed by atoms with Crippen LogP contribution in [-0.2, 0) is 28.8 Å². The molecule has 0 aromatic carbocycles. The highest BCUT2D eigenvalue weighted by atomic mass is 16.4. The number of aliphatic carboxylic acids is 2. The molecule has 11 N–H and O–H groups in total. The first kappa shape index (κ1) is 31.7. The van der Waals surface area contributed by atoms with Gasteiger partial charge in [0.15, 0.2) is 0 Å². The van der Waals surface area contributed by atoms with Crippen molar-refractivity contribution in [2.45, 2.75) is 83.0 Å². The molecule has 0 radical (unpaired) electrons. The number of unbranched alkanes of at least 4 members (excludes halogenated alkanes) is 1. The first-order chi connectivity index (χ1) is 16.3. The van der Waals surface area contributed by atoms with Crippen molar-refractivity contribution in [2.24, 2.45) is 23.1 Å². The molecule has 0 rings (SSSR count). The fourth-order valence-corrected chi connectivity index (χ4v) is 3.11. The number of rotatable bonds is 18. The van der Waals surface area contributed by atoms with Gasteiger partial charge in [-0.05, 0) is 44.6 Å². The Balaban J connectivity index is 5.54. The second kappa shape index (κ2) is 16.4. The zero-order chi connectivity index (χ0) is 27.1. The van der Waals surface area contributed by atoms with Crippen molar-refractivity contribution < 1.29 is 39.0 Å². The van der Waals surface area contributed by atoms with Gasteiger partial charge in [0, 0.05) is 6.42 Å². The molecule has 35 heavy (non-hydrogen) atoms. The molecule has 4 atom stereocenters. The highest BCUT2D eigenvalue weighted by Gasteiger charge is 2.31. The van der Waals surface area contributed by atoms with Crippen LogP contribution in [0.1, 0.15) is 58.8 Å². The van der Waals surface area contributed by atoms with Gasteiger partial charge in [0.1, 0.15) is 18.1 Å². The van der Waals surface area contributed by atoms with Crippen molar-refractivity contribution >= 4 is 35.6 Å². The summed E-state index contributed by atoms with van der Waals surface area (Å²) in [5.41, 5.74) is 16.1. The smallest absolute Gasteiger partial charge is 0.326 e. The predicted octanol–water partition coefficient (Wildman–Crippen LogP) is -2.23. The molecule has 0 heterocycles. The van der Waals surface area contributed by atoms with Crippen molar-refractivity contribution in [2.75, 3.05) is 6.54 Å². The minimum atomic E-state index is -1.39. The average Bonchev–Trinajstić information content (AvgIpc) is 2.74. The number of carbonyl (C=O) groups excluding carboxylic acids is 4. The number of amides is 4. The van der Waals surface area contributed by atoms with Crippen molar-refractivity contribution in [3.05, 3.63) is 0 Å². The lowest BCUT2D eigenvalue weighted by Gasteiger charge is -2.26. The molecule has 0 aliphatic carbocycles. The van der Waals surface area contributed by atoms with Gasteiger partial charge in [-0.2, -0.15) is 0 Å². The summed E-state index contributed by atoms with van der Waals surface area (Å²) in [6.07, 6.45) is 0.136. The number of nitrogens with two attached hydrogens (primary N) is 3. The summed E-state index contributed by atoms with van der Waals surface area (Å²) in [6, 6.07) is -5.10. The van der Waals surface area contributed by atoms with Gasteiger partial charge in [0.2, 0.25) is 23.6 Å². The highest BCUT2D eigenvalue weighted by molar-refractivity contribution is 5.95. The van der Waals surface area contributed by atoms with Crippen LogP contribution in [0.3, 0.4) is 0 Å². The summed E-state index contributed by atoms with van der Waals surface area (Å²) in [6.45, 7) is 3.91. The maximum Gasteiger partial charge on any atom is 0.326 e. The minimum absolute atomic E-state index is 0.0846. The third-order valence-corrected chi connectivity index (χ3v) is 4.95. The fraction of sp³-hybridized carbons (Fsp3) is 0.714. The van der Waals surface area contributed by atoms with Gasteiger partial charge in [0.25, 0.3) is 0 Å². The number of nitrogens with one attached hydrogen (secondary N) is 3. The van der Waals surface area contributed by atoms with Gasteiger partial charge in [-0.1, -0.05) is 13.8 Å². The van der Waals surface area contributed by atoms with E-state index in [9.17, 15) is 33.9 Å². The number of carboxylic acids is 2. The van der Waals surface area contributed by atoms with Crippen molar-refractivity contribution in [1.29, 1.82) is 0 Å². The Morgan fingerprint density at radius 3 is 1.83 bits per heavy atom. The van der Waals surface area contributed by atoms with Crippen LogP contribution < -0.4 is 33.2 Å². The topological polar surface area (TPSA) is 257 Å². The summed E-state index contributed by atoms with van der Waals surface area (Å²) in [4.78, 5) is 71.6. The van der Waals surface area contributed by atoms with Gasteiger partial charge in [-0.25, -0.2) is 4.79 Å². The second-order valence-electron chi connectivity index (χ2n) is 8.65. The van der Waals surface area contributed by atoms with Crippen LogP contribution in [0.2, 0.25) is 0 Å². The van der Waals surface area contributed by atoms with E-state index in [4.69, 9.17) is 22.3 Å². The maximum absolute atomic E-state index is 12.9. The van der Waals surface area contributed by atoms with Gasteiger partial charge in [-0.15, -0.1) is 0 Å². The van der Waals surface area contributed by atoms with E-state index in [1.807, 2.05) is 0 Å². The number of carboxylic acid groups (broad SMARTS) is 2. The summed E-state index contributed by atoms with van der Waals surface area (Å²) in [7, 11) is 0. The monoisotopic (exact) mass is 502 g/mol. The lowest BCUT2D eigenvalue weighted by molar-refractivity contribution is -0.142. The standard InChI is InChI=1S/C21H38N6O8/c1-11(2)9-15(27-18(31)12(23)10-17(29)30)20(33)25-13(6-7-16(24)28)19(32)26-14(21(34)35)5-3-4-8-22/h11-15H,3-10,22-23H2,1-2H3,(H2,24,28)(H,25,33)(H,26,32)(H,27,31)(H,29,30)(H,34,35). The molecule has 4 amide bonds. The van der Waals surface area contributed by atoms with E-state index in [0.29, 0.717) is 19.4 Å². The predicted molar refractivity (Wildman–Crippen MR) is 124 cm³/mol. The largest absolute Gasteiger partial charge is 0.481 e. The molecule has 4 unspecified atom stereocenters. The third kappa shape index (κ3) is 13.9. The van der Waals surface area contributed by atoms with E-state index in [-0.39, 0.29) is 31.6 Å². The number of primary amides is 1. The molecule has 0 saturated carbocycles. The van der Waals surface area contributed by atoms with Gasteiger partial charge < -0.3 is 43.4 Å². The zero-order valence-electron chi connectivity index (χ0n) is 20.1. The molecule has 14 heteroatoms. The number of hydrogen-bond acceptors (Lipinski definition) is 8. The lowest BCUT2D eigenvalue weighted by atomic mass is 10.0. The lowest BCUT2D eigenvalue weighted by Crippen LogP contribution is -2.57. The summed E-state index contributed by atoms with van der Waals surface area (Å²) in [5, 5.41) is 25.4. The van der Waals surface area contributed by atoms with Crippen molar-refractivity contribution in [3.63, 3.8) is 0 Å². The van der Waals surface area contributed by atoms with Crippen LogP contribution in [0.5, 0.6) is 0 Å². The van der Waals surface area contributed by atoms with Crippen molar-refractivity contribution in [1.82, 2.24) is 16.0 Å². The molecule has 0 aliphatic heterocycles. The normalized spacial score (nSPS) is 14.3. The Hall–Kier alpha value is -3.26. The molecular weight excluding hydrogens is 464 g/mol. The number of carbonyl (C=O) groups is 6. The Bertz CT molecular complexity index is 760. The Morgan fingerprint density at radius 2 is 1.34 bits per heavy atom. The quantitative estimate of drug-likeness (QED) is 0.0935. The molecule has 0 aliphatic rings. The second-order valence-corrected chi connectivity index (χ2v) is 8.65. The average molecular weight is 503 g/mol. The van der Waals surface area contributed by atoms with Crippen LogP contribution >= 0.6 is 0 Å². The SMILES string of the molecule is CC(C)CC(NC(=O)C(N)CC(=O)O)C(=O)NC(CCC(N)=O)C(=O)NC(CCCCN)C(=O)O. The summed E-state index contributed by atoms with van der Waals surface area (Å²) < 4.78 is 0. The summed E-state index contributed by atoms with van der Waals surface area (Å²) in [5.74, 6) is -5.86. The molecule has 0 aromatic rings. The van der Waals surface area contributed by atoms with Crippen LogP contribution in [0.25, 0.3) is 0 Å². The van der Waals surface area contributed by atoms with Crippen LogP contribution in [0.4, 0.5) is 0 Å². The Kier molecular flexibility index (Phi) is 14.9. The molecule has 0 saturated heterocycles. The summed E-state index contributed by atoms with van der Waals surface area (Å²) >= 11 is 0. The van der Waals surface area contributed by atoms with Gasteiger partial charge in [0.05, 0.1) is 12.5 Å². The molecule has 0 bridgehead atoms. The third-order valence-electron chi connectivity index (χ3n) is 4.95. The van der Waals surface area contributed by atoms with E-state index >= 15 is 0 Å². The van der Waals surface area contributed by atoms with E-state index in [2.05, 4.69) is 16.0 Å². The molecule has 0 aromatic heterocycles. The van der Waals surface area contributed by atoms with Crippen LogP contribution in [0, 0.1) is 5.92 Å². The molecular formula is C21H38N6O8. The van der Waals surface area contributed by atoms with E-state index in [1.54, 1.807) is 13.8 Å². The minimum Gasteiger partial charge on any atom is -0.481 e. The highest BCUT2D eigenvalue weighted by Crippen LogP contribution is 2.08. The number of hydrogen-bond donors (Lipinski definition) is 8. The molecule has 0 fully saturated rings. The molecule has 14 nitrogen and oxygen atoms in total. The zero-order valence-corrected chi connectivity index (χ0v) is 20.1. The first-order valence-corrected chi connectivity index (χ1v) is 11.4. The Labute approximate surface area is 203 Å². The van der Waals surface area contributed by atoms with E-state index in [0.717, 1.165) is 0 Å². The van der Waals surface area contributed by atoms with Crippen molar-refractivity contribution in [3.8, 4) is 0 Å². The fourth-order valence-electron chi connectivity index (χ4n) is 3.11. The van der Waals surface area contributed by atoms with Crippen LogP contribution in [-0.4, -0.2) is 76.5 Å². The maximum atomic E-state index is 12.9. The Morgan fingerprint density at radius 1 is 0.800 bits per heavy atom. The van der Waals surface area contributed by atoms with E-state index in [1.165, 1.54) is 0 Å². The first-order valence-electron chi connectivity index (χ1n) is 11.4. The van der Waals surface area contributed by atoms with E-state index < -0.39 is 66.2 Å².